The molecule has 0 aliphatic heterocycles. The molecule has 27 heavy (non-hydrogen) atoms. The van der Waals surface area contributed by atoms with Gasteiger partial charge in [-0.25, -0.2) is 4.79 Å². The Morgan fingerprint density at radius 3 is 2.78 bits per heavy atom. The molecule has 1 amide bonds. The molecule has 0 saturated heterocycles. The quantitative estimate of drug-likeness (QED) is 0.636. The van der Waals surface area contributed by atoms with Crippen LogP contribution in [0.25, 0.3) is 11.0 Å². The number of carbonyl (C=O) groups is 2. The van der Waals surface area contributed by atoms with Crippen molar-refractivity contribution in [1.29, 1.82) is 0 Å². The maximum atomic E-state index is 12.3. The van der Waals surface area contributed by atoms with E-state index in [0.29, 0.717) is 29.3 Å². The Bertz CT molecular complexity index is 941. The third-order valence-electron chi connectivity index (χ3n) is 4.09. The number of ether oxygens (including phenoxy) is 2. The molecule has 3 aromatic rings. The van der Waals surface area contributed by atoms with Gasteiger partial charge in [-0.1, -0.05) is 0 Å². The molecule has 7 nitrogen and oxygen atoms in total. The minimum absolute atomic E-state index is 0.0746. The highest BCUT2D eigenvalue weighted by molar-refractivity contribution is 5.97. The summed E-state index contributed by atoms with van der Waals surface area (Å²) in [5.41, 5.74) is 1.19. The topological polar surface area (TPSA) is 90.9 Å². The van der Waals surface area contributed by atoms with Crippen LogP contribution in [0.4, 0.5) is 0 Å². The second-order valence-corrected chi connectivity index (χ2v) is 6.03. The highest BCUT2D eigenvalue weighted by Gasteiger charge is 2.21. The Kier molecular flexibility index (Phi) is 5.49. The largest absolute Gasteiger partial charge is 0.494 e. The predicted octanol–water partition coefficient (Wildman–Crippen LogP) is 3.77. The van der Waals surface area contributed by atoms with Gasteiger partial charge in [0.2, 0.25) is 5.76 Å². The van der Waals surface area contributed by atoms with E-state index in [1.165, 1.54) is 6.26 Å². The summed E-state index contributed by atoms with van der Waals surface area (Å²) in [5.74, 6) is 0.264. The summed E-state index contributed by atoms with van der Waals surface area (Å²) < 4.78 is 21.4. The lowest BCUT2D eigenvalue weighted by Crippen LogP contribution is -2.31. The number of hydrogen-bond acceptors (Lipinski definition) is 6. The number of hydrogen-bond donors (Lipinski definition) is 1. The zero-order valence-corrected chi connectivity index (χ0v) is 15.4. The molecule has 2 aromatic heterocycles. The molecule has 3 rings (SSSR count). The highest BCUT2D eigenvalue weighted by atomic mass is 16.5. The molecule has 2 heterocycles. The van der Waals surface area contributed by atoms with Crippen LogP contribution < -0.4 is 10.1 Å². The Morgan fingerprint density at radius 2 is 2.07 bits per heavy atom. The molecule has 0 bridgehead atoms. The van der Waals surface area contributed by atoms with Crippen molar-refractivity contribution in [3.63, 3.8) is 0 Å². The standard InChI is InChI=1S/C20H21NO6/c1-4-24-14-7-8-17-15(10-14)12(2)19(27-17)20(23)26-11-18(22)21-13(3)16-6-5-9-25-16/h5-10,13H,4,11H2,1-3H3,(H,21,22)/t13-/m0/s1. The van der Waals surface area contributed by atoms with Crippen molar-refractivity contribution in [3.8, 4) is 5.75 Å². The van der Waals surface area contributed by atoms with Gasteiger partial charge in [0.25, 0.3) is 5.91 Å². The first-order valence-electron chi connectivity index (χ1n) is 8.65. The first-order valence-corrected chi connectivity index (χ1v) is 8.65. The molecule has 142 valence electrons. The number of rotatable bonds is 7. The SMILES string of the molecule is CCOc1ccc2oc(C(=O)OCC(=O)N[C@@H](C)c3ccco3)c(C)c2c1. The van der Waals surface area contributed by atoms with E-state index in [0.717, 1.165) is 5.39 Å². The Balaban J connectivity index is 1.63. The monoisotopic (exact) mass is 371 g/mol. The highest BCUT2D eigenvalue weighted by Crippen LogP contribution is 2.29. The number of furan rings is 2. The van der Waals surface area contributed by atoms with Gasteiger partial charge in [0.15, 0.2) is 6.61 Å². The van der Waals surface area contributed by atoms with Gasteiger partial charge in [0.1, 0.15) is 17.1 Å². The number of carbonyl (C=O) groups excluding carboxylic acids is 2. The van der Waals surface area contributed by atoms with Crippen molar-refractivity contribution in [2.24, 2.45) is 0 Å². The zero-order chi connectivity index (χ0) is 19.4. The van der Waals surface area contributed by atoms with E-state index >= 15 is 0 Å². The smallest absolute Gasteiger partial charge is 0.375 e. The molecule has 7 heteroatoms. The van der Waals surface area contributed by atoms with Gasteiger partial charge in [-0.2, -0.15) is 0 Å². The molecule has 1 aromatic carbocycles. The Labute approximate surface area is 156 Å². The number of esters is 1. The minimum Gasteiger partial charge on any atom is -0.494 e. The zero-order valence-electron chi connectivity index (χ0n) is 15.4. The van der Waals surface area contributed by atoms with Crippen LogP contribution in [0.3, 0.4) is 0 Å². The number of benzene rings is 1. The van der Waals surface area contributed by atoms with Crippen LogP contribution in [-0.2, 0) is 9.53 Å². The van der Waals surface area contributed by atoms with E-state index < -0.39 is 18.5 Å². The van der Waals surface area contributed by atoms with Gasteiger partial charge in [0, 0.05) is 10.9 Å². The van der Waals surface area contributed by atoms with Crippen molar-refractivity contribution < 1.29 is 27.9 Å². The van der Waals surface area contributed by atoms with Crippen LogP contribution in [0.5, 0.6) is 5.75 Å². The van der Waals surface area contributed by atoms with E-state index in [9.17, 15) is 9.59 Å². The van der Waals surface area contributed by atoms with Crippen molar-refractivity contribution in [3.05, 3.63) is 53.7 Å². The first-order chi connectivity index (χ1) is 13.0. The lowest BCUT2D eigenvalue weighted by Gasteiger charge is -2.11. The van der Waals surface area contributed by atoms with E-state index in [1.807, 2.05) is 13.0 Å². The van der Waals surface area contributed by atoms with E-state index in [2.05, 4.69) is 5.32 Å². The summed E-state index contributed by atoms with van der Waals surface area (Å²) in [6, 6.07) is 8.49. The maximum absolute atomic E-state index is 12.3. The first kappa shape index (κ1) is 18.6. The molecule has 0 radical (unpaired) electrons. The van der Waals surface area contributed by atoms with Gasteiger partial charge in [-0.15, -0.1) is 0 Å². The fourth-order valence-electron chi connectivity index (χ4n) is 2.74. The maximum Gasteiger partial charge on any atom is 0.375 e. The van der Waals surface area contributed by atoms with E-state index in [-0.39, 0.29) is 11.8 Å². The van der Waals surface area contributed by atoms with Crippen molar-refractivity contribution in [1.82, 2.24) is 5.32 Å². The molecule has 0 saturated carbocycles. The summed E-state index contributed by atoms with van der Waals surface area (Å²) in [6.07, 6.45) is 1.53. The second kappa shape index (κ2) is 7.99. The van der Waals surface area contributed by atoms with Crippen molar-refractivity contribution >= 4 is 22.8 Å². The molecule has 0 fully saturated rings. The molecular weight excluding hydrogens is 350 g/mol. The summed E-state index contributed by atoms with van der Waals surface area (Å²) >= 11 is 0. The van der Waals surface area contributed by atoms with Crippen LogP contribution in [0.15, 0.2) is 45.4 Å². The molecule has 0 unspecified atom stereocenters. The molecule has 0 aliphatic rings. The van der Waals surface area contributed by atoms with Crippen molar-refractivity contribution in [2.75, 3.05) is 13.2 Å². The molecular formula is C20H21NO6. The van der Waals surface area contributed by atoms with Crippen molar-refractivity contribution in [2.45, 2.75) is 26.8 Å². The summed E-state index contributed by atoms with van der Waals surface area (Å²) in [6.45, 7) is 5.57. The Morgan fingerprint density at radius 1 is 1.26 bits per heavy atom. The fraction of sp³-hybridized carbons (Fsp3) is 0.300. The van der Waals surface area contributed by atoms with Gasteiger partial charge in [-0.3, -0.25) is 4.79 Å². The average Bonchev–Trinajstić information content (AvgIpc) is 3.29. The van der Waals surface area contributed by atoms with E-state index in [1.54, 1.807) is 38.1 Å². The third-order valence-corrected chi connectivity index (χ3v) is 4.09. The van der Waals surface area contributed by atoms with Crippen LogP contribution in [0.2, 0.25) is 0 Å². The summed E-state index contributed by atoms with van der Waals surface area (Å²) in [5, 5.41) is 3.46. The summed E-state index contributed by atoms with van der Waals surface area (Å²) in [4.78, 5) is 24.3. The van der Waals surface area contributed by atoms with Gasteiger partial charge in [0.05, 0.1) is 18.9 Å². The summed E-state index contributed by atoms with van der Waals surface area (Å²) in [7, 11) is 0. The number of aryl methyl sites for hydroxylation is 1. The predicted molar refractivity (Wildman–Crippen MR) is 97.7 cm³/mol. The number of fused-ring (bicyclic) bond motifs is 1. The molecule has 0 spiro atoms. The number of nitrogens with one attached hydrogen (secondary N) is 1. The van der Waals surface area contributed by atoms with Gasteiger partial charge in [-0.05, 0) is 51.1 Å². The second-order valence-electron chi connectivity index (χ2n) is 6.03. The van der Waals surface area contributed by atoms with Crippen LogP contribution in [0.1, 0.15) is 41.8 Å². The van der Waals surface area contributed by atoms with E-state index in [4.69, 9.17) is 18.3 Å². The van der Waals surface area contributed by atoms with Gasteiger partial charge < -0.3 is 23.6 Å². The lowest BCUT2D eigenvalue weighted by molar-refractivity contribution is -0.125. The molecule has 1 N–H and O–H groups in total. The average molecular weight is 371 g/mol. The lowest BCUT2D eigenvalue weighted by atomic mass is 10.1. The molecule has 1 atom stereocenters. The normalized spacial score (nSPS) is 12.0. The fourth-order valence-corrected chi connectivity index (χ4v) is 2.74. The third kappa shape index (κ3) is 4.13. The minimum atomic E-state index is -0.692. The van der Waals surface area contributed by atoms with Crippen LogP contribution in [-0.4, -0.2) is 25.1 Å². The molecule has 0 aliphatic carbocycles. The number of amides is 1. The van der Waals surface area contributed by atoms with Crippen LogP contribution >= 0.6 is 0 Å². The van der Waals surface area contributed by atoms with Crippen LogP contribution in [0, 0.1) is 6.92 Å². The van der Waals surface area contributed by atoms with Gasteiger partial charge >= 0.3 is 5.97 Å². The Hall–Kier alpha value is -3.22.